The molecule has 3 heterocycles. The molecule has 1 amide bonds. The third-order valence-electron chi connectivity index (χ3n) is 4.51. The number of carbonyl (C=O) groups is 1. The molecule has 0 aromatic carbocycles. The first-order valence-corrected chi connectivity index (χ1v) is 8.35. The number of morpholine rings is 1. The van der Waals surface area contributed by atoms with Gasteiger partial charge in [0.2, 0.25) is 5.91 Å². The van der Waals surface area contributed by atoms with Crippen LogP contribution in [0.4, 0.5) is 0 Å². The summed E-state index contributed by atoms with van der Waals surface area (Å²) in [5.74, 6) is 2.76. The van der Waals surface area contributed by atoms with Crippen molar-refractivity contribution in [2.75, 3.05) is 57.4 Å². The number of thioether (sulfide) groups is 1. The van der Waals surface area contributed by atoms with E-state index < -0.39 is 0 Å². The molecule has 116 valence electrons. The SMILES string of the molecule is Cl.O=C(NCC1(N2CCOCC2)CCSC1)C1CNC1. The van der Waals surface area contributed by atoms with Crippen LogP contribution in [0, 0.1) is 5.92 Å². The summed E-state index contributed by atoms with van der Waals surface area (Å²) >= 11 is 2.01. The molecule has 0 spiro atoms. The summed E-state index contributed by atoms with van der Waals surface area (Å²) < 4.78 is 5.45. The molecule has 0 saturated carbocycles. The first-order valence-electron chi connectivity index (χ1n) is 7.19. The third kappa shape index (κ3) is 3.42. The van der Waals surface area contributed by atoms with Crippen LogP contribution >= 0.6 is 24.2 Å². The standard InChI is InChI=1S/C13H23N3O2S.ClH/c17-12(11-7-14-8-11)15-9-13(1-6-19-10-13)16-2-4-18-5-3-16;/h11,14H,1-10H2,(H,15,17);1H. The van der Waals surface area contributed by atoms with Crippen LogP contribution in [-0.4, -0.2) is 73.8 Å². The number of rotatable bonds is 4. The number of amides is 1. The number of ether oxygens (including phenoxy) is 1. The highest BCUT2D eigenvalue weighted by Crippen LogP contribution is 2.33. The molecular formula is C13H24ClN3O2S. The molecule has 0 radical (unpaired) electrons. The maximum atomic E-state index is 12.0. The highest BCUT2D eigenvalue weighted by Gasteiger charge is 2.41. The van der Waals surface area contributed by atoms with Crippen LogP contribution in [0.5, 0.6) is 0 Å². The van der Waals surface area contributed by atoms with Gasteiger partial charge in [-0.25, -0.2) is 0 Å². The highest BCUT2D eigenvalue weighted by molar-refractivity contribution is 7.99. The Labute approximate surface area is 131 Å². The minimum Gasteiger partial charge on any atom is -0.379 e. The van der Waals surface area contributed by atoms with Gasteiger partial charge in [0.25, 0.3) is 0 Å². The Morgan fingerprint density at radius 1 is 1.40 bits per heavy atom. The van der Waals surface area contributed by atoms with E-state index in [1.54, 1.807) is 0 Å². The zero-order chi connectivity index (χ0) is 13.1. The number of carbonyl (C=O) groups excluding carboxylic acids is 1. The van der Waals surface area contributed by atoms with Crippen LogP contribution in [0.3, 0.4) is 0 Å². The lowest BCUT2D eigenvalue weighted by Crippen LogP contribution is -2.60. The zero-order valence-corrected chi connectivity index (χ0v) is 13.4. The molecule has 0 aromatic heterocycles. The predicted octanol–water partition coefficient (Wildman–Crippen LogP) is -0.0483. The second kappa shape index (κ2) is 7.31. The van der Waals surface area contributed by atoms with E-state index in [0.29, 0.717) is 0 Å². The van der Waals surface area contributed by atoms with E-state index in [2.05, 4.69) is 15.5 Å². The maximum Gasteiger partial charge on any atom is 0.225 e. The smallest absolute Gasteiger partial charge is 0.225 e. The molecule has 3 aliphatic heterocycles. The van der Waals surface area contributed by atoms with Gasteiger partial charge in [0.15, 0.2) is 0 Å². The van der Waals surface area contributed by atoms with E-state index in [9.17, 15) is 4.79 Å². The molecule has 0 aliphatic carbocycles. The van der Waals surface area contributed by atoms with E-state index in [-0.39, 0.29) is 29.8 Å². The Morgan fingerprint density at radius 2 is 2.15 bits per heavy atom. The Kier molecular flexibility index (Phi) is 5.98. The molecular weight excluding hydrogens is 298 g/mol. The average molecular weight is 322 g/mol. The molecule has 3 saturated heterocycles. The van der Waals surface area contributed by atoms with Gasteiger partial charge < -0.3 is 15.4 Å². The van der Waals surface area contributed by atoms with Crippen LogP contribution in [0.2, 0.25) is 0 Å². The fourth-order valence-electron chi connectivity index (χ4n) is 3.00. The van der Waals surface area contributed by atoms with Gasteiger partial charge in [-0.15, -0.1) is 12.4 Å². The number of nitrogens with zero attached hydrogens (tertiary/aromatic N) is 1. The van der Waals surface area contributed by atoms with Crippen LogP contribution in [0.15, 0.2) is 0 Å². The van der Waals surface area contributed by atoms with Gasteiger partial charge in [-0.1, -0.05) is 0 Å². The molecule has 0 bridgehead atoms. The lowest BCUT2D eigenvalue weighted by Gasteiger charge is -2.43. The highest BCUT2D eigenvalue weighted by atomic mass is 35.5. The third-order valence-corrected chi connectivity index (χ3v) is 5.74. The summed E-state index contributed by atoms with van der Waals surface area (Å²) in [7, 11) is 0. The Hall–Kier alpha value is -0.0100. The van der Waals surface area contributed by atoms with Crippen molar-refractivity contribution in [1.29, 1.82) is 0 Å². The molecule has 7 heteroatoms. The van der Waals surface area contributed by atoms with Crippen LogP contribution < -0.4 is 10.6 Å². The van der Waals surface area contributed by atoms with Crippen molar-refractivity contribution in [1.82, 2.24) is 15.5 Å². The number of hydrogen-bond acceptors (Lipinski definition) is 5. The first kappa shape index (κ1) is 16.4. The van der Waals surface area contributed by atoms with Gasteiger partial charge >= 0.3 is 0 Å². The lowest BCUT2D eigenvalue weighted by molar-refractivity contribution is -0.127. The quantitative estimate of drug-likeness (QED) is 0.760. The number of nitrogens with one attached hydrogen (secondary N) is 2. The zero-order valence-electron chi connectivity index (χ0n) is 11.7. The van der Waals surface area contributed by atoms with E-state index in [1.807, 2.05) is 11.8 Å². The van der Waals surface area contributed by atoms with Gasteiger partial charge in [0, 0.05) is 44.0 Å². The second-order valence-corrected chi connectivity index (χ2v) is 6.80. The van der Waals surface area contributed by atoms with Crippen LogP contribution in [0.25, 0.3) is 0 Å². The summed E-state index contributed by atoms with van der Waals surface area (Å²) in [6.45, 7) is 6.13. The topological polar surface area (TPSA) is 53.6 Å². The molecule has 5 nitrogen and oxygen atoms in total. The predicted molar refractivity (Wildman–Crippen MR) is 83.7 cm³/mol. The fraction of sp³-hybridized carbons (Fsp3) is 0.923. The van der Waals surface area contributed by atoms with E-state index in [4.69, 9.17) is 4.74 Å². The number of hydrogen-bond donors (Lipinski definition) is 2. The molecule has 3 rings (SSSR count). The monoisotopic (exact) mass is 321 g/mol. The number of halogens is 1. The Morgan fingerprint density at radius 3 is 2.70 bits per heavy atom. The van der Waals surface area contributed by atoms with Crippen LogP contribution in [0.1, 0.15) is 6.42 Å². The van der Waals surface area contributed by atoms with Crippen molar-refractivity contribution in [3.05, 3.63) is 0 Å². The molecule has 1 atom stereocenters. The van der Waals surface area contributed by atoms with Gasteiger partial charge in [0.1, 0.15) is 0 Å². The summed E-state index contributed by atoms with van der Waals surface area (Å²) in [4.78, 5) is 14.5. The van der Waals surface area contributed by atoms with E-state index in [1.165, 1.54) is 12.2 Å². The molecule has 3 fully saturated rings. The summed E-state index contributed by atoms with van der Waals surface area (Å²) in [6, 6.07) is 0. The van der Waals surface area contributed by atoms with E-state index >= 15 is 0 Å². The average Bonchev–Trinajstić information content (AvgIpc) is 2.85. The minimum absolute atomic E-state index is 0. The summed E-state index contributed by atoms with van der Waals surface area (Å²) in [5, 5.41) is 6.34. The normalized spacial score (nSPS) is 31.4. The van der Waals surface area contributed by atoms with Crippen molar-refractivity contribution < 1.29 is 9.53 Å². The van der Waals surface area contributed by atoms with Crippen molar-refractivity contribution in [2.24, 2.45) is 5.92 Å². The molecule has 3 aliphatic rings. The minimum atomic E-state index is 0. The Balaban J connectivity index is 0.00000147. The van der Waals surface area contributed by atoms with Crippen LogP contribution in [-0.2, 0) is 9.53 Å². The maximum absolute atomic E-state index is 12.0. The van der Waals surface area contributed by atoms with Crippen molar-refractivity contribution in [2.45, 2.75) is 12.0 Å². The van der Waals surface area contributed by atoms with Crippen molar-refractivity contribution in [3.8, 4) is 0 Å². The molecule has 1 unspecified atom stereocenters. The second-order valence-electron chi connectivity index (χ2n) is 5.70. The van der Waals surface area contributed by atoms with Gasteiger partial charge in [-0.05, 0) is 12.2 Å². The molecule has 2 N–H and O–H groups in total. The fourth-order valence-corrected chi connectivity index (χ4v) is 4.48. The van der Waals surface area contributed by atoms with Gasteiger partial charge in [0.05, 0.1) is 19.1 Å². The molecule has 20 heavy (non-hydrogen) atoms. The Bertz CT molecular complexity index is 330. The lowest BCUT2D eigenvalue weighted by atomic mass is 9.94. The molecule has 0 aromatic rings. The van der Waals surface area contributed by atoms with Crippen molar-refractivity contribution >= 4 is 30.1 Å². The first-order chi connectivity index (χ1) is 9.30. The van der Waals surface area contributed by atoms with Crippen molar-refractivity contribution in [3.63, 3.8) is 0 Å². The van der Waals surface area contributed by atoms with Gasteiger partial charge in [-0.3, -0.25) is 9.69 Å². The summed E-state index contributed by atoms with van der Waals surface area (Å²) in [5.41, 5.74) is 0.168. The summed E-state index contributed by atoms with van der Waals surface area (Å²) in [6.07, 6.45) is 1.18. The van der Waals surface area contributed by atoms with E-state index in [0.717, 1.165) is 51.7 Å². The largest absolute Gasteiger partial charge is 0.379 e. The van der Waals surface area contributed by atoms with Gasteiger partial charge in [-0.2, -0.15) is 11.8 Å².